The summed E-state index contributed by atoms with van der Waals surface area (Å²) >= 11 is 5.83. The SMILES string of the molecule is O=C(Nc1ccc(Cl)cn1)[C@@H]1CCCN(Cn2ncc3cc([N+](=O)[O-])ccc32)C1. The van der Waals surface area contributed by atoms with Crippen LogP contribution in [0.2, 0.25) is 5.02 Å². The zero-order chi connectivity index (χ0) is 20.4. The number of piperidine rings is 1. The van der Waals surface area contributed by atoms with Crippen molar-refractivity contribution in [2.45, 2.75) is 19.5 Å². The third-order valence-electron chi connectivity index (χ3n) is 5.03. The molecule has 1 saturated heterocycles. The number of nitro groups is 1. The Hall–Kier alpha value is -3.04. The van der Waals surface area contributed by atoms with Gasteiger partial charge in [0.2, 0.25) is 5.91 Å². The number of carbonyl (C=O) groups excluding carboxylic acids is 1. The van der Waals surface area contributed by atoms with Gasteiger partial charge in [-0.3, -0.25) is 24.5 Å². The molecular formula is C19H19ClN6O3. The first-order chi connectivity index (χ1) is 14.0. The summed E-state index contributed by atoms with van der Waals surface area (Å²) in [6.45, 7) is 1.98. The first-order valence-corrected chi connectivity index (χ1v) is 9.62. The summed E-state index contributed by atoms with van der Waals surface area (Å²) in [5.41, 5.74) is 0.870. The highest BCUT2D eigenvalue weighted by molar-refractivity contribution is 6.30. The standard InChI is InChI=1S/C19H19ClN6O3/c20-15-3-6-18(21-10-15)23-19(27)13-2-1-7-24(11-13)12-25-17-5-4-16(26(28)29)8-14(17)9-22-25/h3-6,8-10,13H,1-2,7,11-12H2,(H,21,23,27)/t13-/m1/s1. The third kappa shape index (κ3) is 4.36. The topological polar surface area (TPSA) is 106 Å². The van der Waals surface area contributed by atoms with E-state index in [1.54, 1.807) is 29.1 Å². The highest BCUT2D eigenvalue weighted by atomic mass is 35.5. The van der Waals surface area contributed by atoms with Crippen LogP contribution in [0.3, 0.4) is 0 Å². The molecular weight excluding hydrogens is 396 g/mol. The molecule has 0 unspecified atom stereocenters. The number of carbonyl (C=O) groups is 1. The second-order valence-corrected chi connectivity index (χ2v) is 7.49. The fourth-order valence-corrected chi connectivity index (χ4v) is 3.68. The Morgan fingerprint density at radius 2 is 2.17 bits per heavy atom. The van der Waals surface area contributed by atoms with Crippen molar-refractivity contribution in [3.8, 4) is 0 Å². The maximum absolute atomic E-state index is 12.6. The van der Waals surface area contributed by atoms with E-state index >= 15 is 0 Å². The summed E-state index contributed by atoms with van der Waals surface area (Å²) in [4.78, 5) is 29.4. The van der Waals surface area contributed by atoms with Crippen LogP contribution < -0.4 is 5.32 Å². The monoisotopic (exact) mass is 414 g/mol. The summed E-state index contributed by atoms with van der Waals surface area (Å²) in [7, 11) is 0. The van der Waals surface area contributed by atoms with Gasteiger partial charge in [-0.05, 0) is 37.6 Å². The maximum Gasteiger partial charge on any atom is 0.270 e. The van der Waals surface area contributed by atoms with E-state index < -0.39 is 4.92 Å². The summed E-state index contributed by atoms with van der Waals surface area (Å²) in [6.07, 6.45) is 4.83. The number of nitrogens with zero attached hydrogens (tertiary/aromatic N) is 5. The molecule has 1 fully saturated rings. The first-order valence-electron chi connectivity index (χ1n) is 9.24. The number of hydrogen-bond acceptors (Lipinski definition) is 6. The van der Waals surface area contributed by atoms with Gasteiger partial charge < -0.3 is 5.32 Å². The number of nitrogens with one attached hydrogen (secondary N) is 1. The Morgan fingerprint density at radius 3 is 2.93 bits per heavy atom. The Bertz CT molecular complexity index is 1050. The average molecular weight is 415 g/mol. The molecule has 4 rings (SSSR count). The normalized spacial score (nSPS) is 17.3. The third-order valence-corrected chi connectivity index (χ3v) is 5.25. The molecule has 1 amide bonds. The fourth-order valence-electron chi connectivity index (χ4n) is 3.57. The zero-order valence-corrected chi connectivity index (χ0v) is 16.2. The number of hydrogen-bond donors (Lipinski definition) is 1. The number of benzene rings is 1. The lowest BCUT2D eigenvalue weighted by Crippen LogP contribution is -2.41. The number of aromatic nitrogens is 3. The molecule has 1 atom stereocenters. The number of rotatable bonds is 5. The van der Waals surface area contributed by atoms with Gasteiger partial charge in [-0.1, -0.05) is 11.6 Å². The minimum Gasteiger partial charge on any atom is -0.310 e. The van der Waals surface area contributed by atoms with Crippen molar-refractivity contribution in [2.75, 3.05) is 18.4 Å². The molecule has 1 aliphatic heterocycles. The Balaban J connectivity index is 1.42. The molecule has 0 saturated carbocycles. The zero-order valence-electron chi connectivity index (χ0n) is 15.5. The van der Waals surface area contributed by atoms with Gasteiger partial charge in [-0.15, -0.1) is 0 Å². The van der Waals surface area contributed by atoms with Gasteiger partial charge in [-0.25, -0.2) is 4.98 Å². The summed E-state index contributed by atoms with van der Waals surface area (Å²) in [6, 6.07) is 8.07. The predicted molar refractivity (Wildman–Crippen MR) is 109 cm³/mol. The quantitative estimate of drug-likeness (QED) is 0.507. The molecule has 1 aliphatic rings. The van der Waals surface area contributed by atoms with Crippen LogP contribution in [0, 0.1) is 16.0 Å². The van der Waals surface area contributed by atoms with Crippen LogP contribution in [0.25, 0.3) is 10.9 Å². The minimum atomic E-state index is -0.417. The highest BCUT2D eigenvalue weighted by Gasteiger charge is 2.26. The van der Waals surface area contributed by atoms with Crippen LogP contribution in [0.4, 0.5) is 11.5 Å². The van der Waals surface area contributed by atoms with Crippen LogP contribution >= 0.6 is 11.6 Å². The Morgan fingerprint density at radius 1 is 1.31 bits per heavy atom. The smallest absolute Gasteiger partial charge is 0.270 e. The summed E-state index contributed by atoms with van der Waals surface area (Å²) < 4.78 is 1.81. The van der Waals surface area contributed by atoms with Crippen LogP contribution in [-0.4, -0.2) is 43.6 Å². The van der Waals surface area contributed by atoms with Crippen LogP contribution in [0.1, 0.15) is 12.8 Å². The van der Waals surface area contributed by atoms with E-state index in [0.717, 1.165) is 30.3 Å². The molecule has 0 aliphatic carbocycles. The van der Waals surface area contributed by atoms with E-state index in [0.29, 0.717) is 24.1 Å². The van der Waals surface area contributed by atoms with E-state index in [-0.39, 0.29) is 17.5 Å². The maximum atomic E-state index is 12.6. The Labute approximate surface area is 171 Å². The van der Waals surface area contributed by atoms with Crippen molar-refractivity contribution >= 4 is 39.9 Å². The molecule has 3 aromatic rings. The summed E-state index contributed by atoms with van der Waals surface area (Å²) in [5, 5.41) is 19.4. The molecule has 0 bridgehead atoms. The molecule has 29 heavy (non-hydrogen) atoms. The lowest BCUT2D eigenvalue weighted by atomic mass is 9.97. The molecule has 3 heterocycles. The van der Waals surface area contributed by atoms with E-state index in [2.05, 4.69) is 20.3 Å². The van der Waals surface area contributed by atoms with Crippen molar-refractivity contribution in [2.24, 2.45) is 5.92 Å². The largest absolute Gasteiger partial charge is 0.310 e. The van der Waals surface area contributed by atoms with Crippen molar-refractivity contribution in [3.05, 3.63) is 57.9 Å². The molecule has 0 radical (unpaired) electrons. The van der Waals surface area contributed by atoms with E-state index in [1.807, 2.05) is 0 Å². The van der Waals surface area contributed by atoms with Gasteiger partial charge in [0, 0.05) is 30.3 Å². The van der Waals surface area contributed by atoms with E-state index in [1.165, 1.54) is 18.3 Å². The number of pyridine rings is 1. The average Bonchev–Trinajstić information content (AvgIpc) is 3.12. The Kier molecular flexibility index (Phi) is 5.41. The second kappa shape index (κ2) is 8.14. The van der Waals surface area contributed by atoms with E-state index in [4.69, 9.17) is 11.6 Å². The molecule has 1 aromatic carbocycles. The number of halogens is 1. The molecule has 2 aromatic heterocycles. The lowest BCUT2D eigenvalue weighted by molar-refractivity contribution is -0.384. The first kappa shape index (κ1) is 19.3. The van der Waals surface area contributed by atoms with Gasteiger partial charge in [0.15, 0.2) is 0 Å². The van der Waals surface area contributed by atoms with Crippen molar-refractivity contribution in [1.82, 2.24) is 19.7 Å². The second-order valence-electron chi connectivity index (χ2n) is 7.05. The van der Waals surface area contributed by atoms with Gasteiger partial charge in [0.05, 0.1) is 34.2 Å². The number of non-ortho nitro benzene ring substituents is 1. The molecule has 1 N–H and O–H groups in total. The van der Waals surface area contributed by atoms with Crippen LogP contribution in [0.15, 0.2) is 42.7 Å². The number of likely N-dealkylation sites (tertiary alicyclic amines) is 1. The predicted octanol–water partition coefficient (Wildman–Crippen LogP) is 3.30. The summed E-state index contributed by atoms with van der Waals surface area (Å²) in [5.74, 6) is 0.269. The van der Waals surface area contributed by atoms with Crippen LogP contribution in [-0.2, 0) is 11.5 Å². The van der Waals surface area contributed by atoms with Crippen LogP contribution in [0.5, 0.6) is 0 Å². The van der Waals surface area contributed by atoms with Gasteiger partial charge >= 0.3 is 0 Å². The van der Waals surface area contributed by atoms with Gasteiger partial charge in [-0.2, -0.15) is 5.10 Å². The van der Waals surface area contributed by atoms with Gasteiger partial charge in [0.1, 0.15) is 5.82 Å². The van der Waals surface area contributed by atoms with Crippen molar-refractivity contribution in [1.29, 1.82) is 0 Å². The molecule has 10 heteroatoms. The number of nitro benzene ring substituents is 1. The lowest BCUT2D eigenvalue weighted by Gasteiger charge is -2.31. The number of amides is 1. The molecule has 9 nitrogen and oxygen atoms in total. The van der Waals surface area contributed by atoms with Gasteiger partial charge in [0.25, 0.3) is 5.69 Å². The number of fused-ring (bicyclic) bond motifs is 1. The fraction of sp³-hybridized carbons (Fsp3) is 0.316. The highest BCUT2D eigenvalue weighted by Crippen LogP contribution is 2.23. The molecule has 0 spiro atoms. The van der Waals surface area contributed by atoms with Crippen molar-refractivity contribution < 1.29 is 9.72 Å². The van der Waals surface area contributed by atoms with E-state index in [9.17, 15) is 14.9 Å². The molecule has 150 valence electrons. The number of anilines is 1. The minimum absolute atomic E-state index is 0.0440. The van der Waals surface area contributed by atoms with Crippen molar-refractivity contribution in [3.63, 3.8) is 0 Å².